The van der Waals surface area contributed by atoms with Crippen LogP contribution < -0.4 is 4.74 Å². The molecule has 1 heterocycles. The summed E-state index contributed by atoms with van der Waals surface area (Å²) in [6, 6.07) is 15.2. The summed E-state index contributed by atoms with van der Waals surface area (Å²) in [5.41, 5.74) is 1.97. The SMILES string of the molecule is COc1ccc(C(=O)C(C)OC(=O)c2cc(-c3ccc(Cl)cc3)n[nH]2)cc1. The summed E-state index contributed by atoms with van der Waals surface area (Å²) in [4.78, 5) is 24.7. The van der Waals surface area contributed by atoms with Gasteiger partial charge in [-0.3, -0.25) is 9.89 Å². The van der Waals surface area contributed by atoms with E-state index in [1.807, 2.05) is 0 Å². The Morgan fingerprint density at radius 3 is 2.37 bits per heavy atom. The van der Waals surface area contributed by atoms with Crippen molar-refractivity contribution in [1.29, 1.82) is 0 Å². The van der Waals surface area contributed by atoms with Crippen LogP contribution in [-0.2, 0) is 4.74 Å². The minimum atomic E-state index is -0.937. The average Bonchev–Trinajstić information content (AvgIpc) is 3.18. The molecule has 1 unspecified atom stereocenters. The largest absolute Gasteiger partial charge is 0.497 e. The maximum Gasteiger partial charge on any atom is 0.357 e. The third-order valence-electron chi connectivity index (χ3n) is 3.97. The quantitative estimate of drug-likeness (QED) is 0.509. The van der Waals surface area contributed by atoms with Crippen molar-refractivity contribution in [1.82, 2.24) is 10.2 Å². The zero-order valence-electron chi connectivity index (χ0n) is 14.7. The highest BCUT2D eigenvalue weighted by Crippen LogP contribution is 2.21. The van der Waals surface area contributed by atoms with Crippen molar-refractivity contribution in [2.75, 3.05) is 7.11 Å². The molecule has 0 aliphatic carbocycles. The van der Waals surface area contributed by atoms with E-state index in [2.05, 4.69) is 10.2 Å². The molecule has 3 rings (SSSR count). The van der Waals surface area contributed by atoms with Crippen molar-refractivity contribution in [3.8, 4) is 17.0 Å². The lowest BCUT2D eigenvalue weighted by Crippen LogP contribution is -2.24. The average molecular weight is 385 g/mol. The molecule has 1 aromatic heterocycles. The van der Waals surface area contributed by atoms with E-state index in [0.29, 0.717) is 22.0 Å². The van der Waals surface area contributed by atoms with Gasteiger partial charge in [0, 0.05) is 16.1 Å². The number of methoxy groups -OCH3 is 1. The van der Waals surface area contributed by atoms with Crippen molar-refractivity contribution in [3.63, 3.8) is 0 Å². The van der Waals surface area contributed by atoms with Crippen molar-refractivity contribution >= 4 is 23.4 Å². The fourth-order valence-corrected chi connectivity index (χ4v) is 2.59. The van der Waals surface area contributed by atoms with Gasteiger partial charge in [-0.05, 0) is 49.4 Å². The summed E-state index contributed by atoms with van der Waals surface area (Å²) in [5.74, 6) is -0.316. The van der Waals surface area contributed by atoms with Crippen LogP contribution in [0.1, 0.15) is 27.8 Å². The number of rotatable bonds is 6. The number of ketones is 1. The number of nitrogens with zero attached hydrogens (tertiary/aromatic N) is 1. The van der Waals surface area contributed by atoms with Gasteiger partial charge in [-0.25, -0.2) is 4.79 Å². The van der Waals surface area contributed by atoms with Crippen molar-refractivity contribution in [2.45, 2.75) is 13.0 Å². The number of carbonyl (C=O) groups is 2. The lowest BCUT2D eigenvalue weighted by atomic mass is 10.1. The number of H-pyrrole nitrogens is 1. The molecule has 0 aliphatic rings. The summed E-state index contributed by atoms with van der Waals surface area (Å²) >= 11 is 5.87. The molecule has 1 N–H and O–H groups in total. The Hall–Kier alpha value is -3.12. The van der Waals surface area contributed by atoms with E-state index in [-0.39, 0.29) is 11.5 Å². The predicted molar refractivity (Wildman–Crippen MR) is 101 cm³/mol. The number of nitrogens with one attached hydrogen (secondary N) is 1. The molecule has 27 heavy (non-hydrogen) atoms. The Balaban J connectivity index is 1.67. The molecule has 1 atom stereocenters. The smallest absolute Gasteiger partial charge is 0.357 e. The van der Waals surface area contributed by atoms with Gasteiger partial charge in [0.25, 0.3) is 0 Å². The highest BCUT2D eigenvalue weighted by molar-refractivity contribution is 6.30. The van der Waals surface area contributed by atoms with E-state index in [4.69, 9.17) is 21.1 Å². The lowest BCUT2D eigenvalue weighted by molar-refractivity contribution is 0.0313. The monoisotopic (exact) mass is 384 g/mol. The summed E-state index contributed by atoms with van der Waals surface area (Å²) in [6.07, 6.45) is -0.937. The molecule has 7 heteroatoms. The van der Waals surface area contributed by atoms with Crippen LogP contribution in [0.5, 0.6) is 5.75 Å². The molecule has 138 valence electrons. The number of ether oxygens (including phenoxy) is 2. The fourth-order valence-electron chi connectivity index (χ4n) is 2.46. The molecule has 2 aromatic carbocycles. The van der Waals surface area contributed by atoms with E-state index < -0.39 is 12.1 Å². The molecule has 0 saturated heterocycles. The van der Waals surface area contributed by atoms with Gasteiger partial charge in [-0.1, -0.05) is 23.7 Å². The number of aromatic nitrogens is 2. The number of carbonyl (C=O) groups excluding carboxylic acids is 2. The van der Waals surface area contributed by atoms with E-state index in [1.165, 1.54) is 6.92 Å². The standard InChI is InChI=1S/C20H17ClN2O4/c1-12(19(24)14-5-9-16(26-2)10-6-14)27-20(25)18-11-17(22-23-18)13-3-7-15(21)8-4-13/h3-12H,1-2H3,(H,22,23). The first-order valence-corrected chi connectivity index (χ1v) is 8.56. The Labute approximate surface area is 161 Å². The second kappa shape index (κ2) is 8.05. The molecule has 0 amide bonds. The normalized spacial score (nSPS) is 11.7. The maximum absolute atomic E-state index is 12.4. The Morgan fingerprint density at radius 1 is 1.07 bits per heavy atom. The van der Waals surface area contributed by atoms with Crippen molar-refractivity contribution in [3.05, 3.63) is 70.9 Å². The number of benzene rings is 2. The van der Waals surface area contributed by atoms with Crippen LogP contribution in [0.4, 0.5) is 0 Å². The lowest BCUT2D eigenvalue weighted by Gasteiger charge is -2.11. The zero-order chi connectivity index (χ0) is 19.4. The highest BCUT2D eigenvalue weighted by atomic mass is 35.5. The first kappa shape index (κ1) is 18.7. The summed E-state index contributed by atoms with van der Waals surface area (Å²) in [7, 11) is 1.55. The molecule has 6 nitrogen and oxygen atoms in total. The summed E-state index contributed by atoms with van der Waals surface area (Å²) in [6.45, 7) is 1.53. The number of aromatic amines is 1. The van der Waals surface area contributed by atoms with Crippen LogP contribution in [-0.4, -0.2) is 35.2 Å². The molecule has 3 aromatic rings. The van der Waals surface area contributed by atoms with Crippen molar-refractivity contribution in [2.24, 2.45) is 0 Å². The van der Waals surface area contributed by atoms with E-state index in [1.54, 1.807) is 61.7 Å². The minimum Gasteiger partial charge on any atom is -0.497 e. The van der Waals surface area contributed by atoms with Gasteiger partial charge in [-0.15, -0.1) is 0 Å². The van der Waals surface area contributed by atoms with Crippen molar-refractivity contribution < 1.29 is 19.1 Å². The number of halogens is 1. The number of Topliss-reactive ketones (excluding diaryl/α,β-unsaturated/α-hetero) is 1. The van der Waals surface area contributed by atoms with Crippen LogP contribution in [0.25, 0.3) is 11.3 Å². The molecular formula is C20H17ClN2O4. The maximum atomic E-state index is 12.4. The van der Waals surface area contributed by atoms with Gasteiger partial charge in [0.1, 0.15) is 11.4 Å². The molecular weight excluding hydrogens is 368 g/mol. The molecule has 0 spiro atoms. The topological polar surface area (TPSA) is 81.3 Å². The minimum absolute atomic E-state index is 0.161. The molecule has 0 bridgehead atoms. The van der Waals surface area contributed by atoms with Gasteiger partial charge < -0.3 is 9.47 Å². The fraction of sp³-hybridized carbons (Fsp3) is 0.150. The third-order valence-corrected chi connectivity index (χ3v) is 4.22. The van der Waals surface area contributed by atoms with Crippen LogP contribution in [0.3, 0.4) is 0 Å². The van der Waals surface area contributed by atoms with Crippen LogP contribution in [0, 0.1) is 0 Å². The first-order valence-electron chi connectivity index (χ1n) is 8.18. The van der Waals surface area contributed by atoms with Crippen LogP contribution in [0.15, 0.2) is 54.6 Å². The Morgan fingerprint density at radius 2 is 1.74 bits per heavy atom. The predicted octanol–water partition coefficient (Wildman–Crippen LogP) is 4.17. The van der Waals surface area contributed by atoms with Crippen LogP contribution in [0.2, 0.25) is 5.02 Å². The molecule has 0 fully saturated rings. The molecule has 0 saturated carbocycles. The highest BCUT2D eigenvalue weighted by Gasteiger charge is 2.22. The van der Waals surface area contributed by atoms with Crippen LogP contribution >= 0.6 is 11.6 Å². The molecule has 0 radical (unpaired) electrons. The second-order valence-corrected chi connectivity index (χ2v) is 6.25. The number of hydrogen-bond donors (Lipinski definition) is 1. The van der Waals surface area contributed by atoms with E-state index in [9.17, 15) is 9.59 Å². The van der Waals surface area contributed by atoms with E-state index >= 15 is 0 Å². The van der Waals surface area contributed by atoms with Gasteiger partial charge in [0.15, 0.2) is 6.10 Å². The first-order chi connectivity index (χ1) is 13.0. The summed E-state index contributed by atoms with van der Waals surface area (Å²) in [5, 5.41) is 7.34. The summed E-state index contributed by atoms with van der Waals surface area (Å²) < 4.78 is 10.3. The van der Waals surface area contributed by atoms with Gasteiger partial charge in [0.05, 0.1) is 12.8 Å². The number of hydrogen-bond acceptors (Lipinski definition) is 5. The Bertz CT molecular complexity index is 949. The van der Waals surface area contributed by atoms with Gasteiger partial charge in [0.2, 0.25) is 5.78 Å². The third kappa shape index (κ3) is 4.35. The zero-order valence-corrected chi connectivity index (χ0v) is 15.5. The van der Waals surface area contributed by atoms with Gasteiger partial charge in [-0.2, -0.15) is 5.10 Å². The van der Waals surface area contributed by atoms with Gasteiger partial charge >= 0.3 is 5.97 Å². The molecule has 0 aliphatic heterocycles. The second-order valence-electron chi connectivity index (χ2n) is 5.81. The van der Waals surface area contributed by atoms with E-state index in [0.717, 1.165) is 5.56 Å². The number of esters is 1. The Kier molecular flexibility index (Phi) is 5.57.